The molecule has 0 spiro atoms. The van der Waals surface area contributed by atoms with Gasteiger partial charge >= 0.3 is 0 Å². The molecule has 0 atom stereocenters. The SMILES string of the molecule is CC1(C)c2ccc3ccccc3c2-c2c1c1ccc(-c3ccc(-c4c5ccccc5c(-c5ccc6ccccc6c5)c5ccccc45)cc3)cc1c1ccccc21. The quantitative estimate of drug-likeness (QED) is 0.126. The second kappa shape index (κ2) is 12.0. The van der Waals surface area contributed by atoms with E-state index in [0.717, 1.165) is 0 Å². The number of fused-ring (bicyclic) bond motifs is 13. The van der Waals surface area contributed by atoms with Crippen molar-refractivity contribution in [1.29, 1.82) is 0 Å². The molecule has 11 aromatic carbocycles. The van der Waals surface area contributed by atoms with Crippen LogP contribution in [0.2, 0.25) is 0 Å². The zero-order valence-electron chi connectivity index (χ0n) is 32.0. The topological polar surface area (TPSA) is 0 Å². The van der Waals surface area contributed by atoms with Crippen LogP contribution in [-0.2, 0) is 5.41 Å². The average Bonchev–Trinajstić information content (AvgIpc) is 3.52. The lowest BCUT2D eigenvalue weighted by Gasteiger charge is -2.24. The maximum Gasteiger partial charge on any atom is 0.0165 e. The van der Waals surface area contributed by atoms with Crippen molar-refractivity contribution < 1.29 is 0 Å². The van der Waals surface area contributed by atoms with Crippen LogP contribution in [0.3, 0.4) is 0 Å². The van der Waals surface area contributed by atoms with Crippen LogP contribution >= 0.6 is 0 Å². The number of rotatable bonds is 3. The Bertz CT molecular complexity index is 3410. The van der Waals surface area contributed by atoms with Gasteiger partial charge in [0.15, 0.2) is 0 Å². The number of hydrogen-bond acceptors (Lipinski definition) is 0. The Morgan fingerprint density at radius 2 is 0.737 bits per heavy atom. The predicted molar refractivity (Wildman–Crippen MR) is 245 cm³/mol. The van der Waals surface area contributed by atoms with Crippen molar-refractivity contribution in [1.82, 2.24) is 0 Å². The van der Waals surface area contributed by atoms with Gasteiger partial charge in [0.25, 0.3) is 0 Å². The highest BCUT2D eigenvalue weighted by molar-refractivity contribution is 6.23. The lowest BCUT2D eigenvalue weighted by molar-refractivity contribution is 0.667. The lowest BCUT2D eigenvalue weighted by Crippen LogP contribution is -2.15. The zero-order valence-corrected chi connectivity index (χ0v) is 32.0. The maximum atomic E-state index is 2.44. The van der Waals surface area contributed by atoms with Gasteiger partial charge in [0.1, 0.15) is 0 Å². The Morgan fingerprint density at radius 1 is 0.263 bits per heavy atom. The molecule has 11 aromatic rings. The van der Waals surface area contributed by atoms with E-state index >= 15 is 0 Å². The fourth-order valence-electron chi connectivity index (χ4n) is 10.4. The third-order valence-electron chi connectivity index (χ3n) is 13.0. The molecule has 0 N–H and O–H groups in total. The Kier molecular flexibility index (Phi) is 6.78. The normalized spacial score (nSPS) is 13.2. The highest BCUT2D eigenvalue weighted by Gasteiger charge is 2.39. The minimum atomic E-state index is -0.129. The van der Waals surface area contributed by atoms with Crippen molar-refractivity contribution in [3.63, 3.8) is 0 Å². The van der Waals surface area contributed by atoms with Crippen LogP contribution in [0.1, 0.15) is 25.0 Å². The Labute approximate surface area is 332 Å². The van der Waals surface area contributed by atoms with Gasteiger partial charge in [-0.15, -0.1) is 0 Å². The minimum absolute atomic E-state index is 0.129. The van der Waals surface area contributed by atoms with Crippen molar-refractivity contribution in [2.75, 3.05) is 0 Å². The maximum absolute atomic E-state index is 2.44. The van der Waals surface area contributed by atoms with E-state index in [0.29, 0.717) is 0 Å². The number of hydrogen-bond donors (Lipinski definition) is 0. The Morgan fingerprint density at radius 3 is 1.40 bits per heavy atom. The van der Waals surface area contributed by atoms with Gasteiger partial charge < -0.3 is 0 Å². The summed E-state index contributed by atoms with van der Waals surface area (Å²) in [5, 5.41) is 15.6. The molecule has 0 nitrogen and oxygen atoms in total. The van der Waals surface area contributed by atoms with Crippen LogP contribution in [0.15, 0.2) is 194 Å². The molecule has 0 unspecified atom stereocenters. The molecule has 266 valence electrons. The van der Waals surface area contributed by atoms with Gasteiger partial charge in [-0.1, -0.05) is 196 Å². The first-order valence-corrected chi connectivity index (χ1v) is 20.1. The van der Waals surface area contributed by atoms with E-state index in [-0.39, 0.29) is 5.41 Å². The van der Waals surface area contributed by atoms with Crippen LogP contribution in [0.4, 0.5) is 0 Å². The monoisotopic (exact) mass is 722 g/mol. The summed E-state index contributed by atoms with van der Waals surface area (Å²) in [6.45, 7) is 4.82. The highest BCUT2D eigenvalue weighted by atomic mass is 14.4. The van der Waals surface area contributed by atoms with Crippen molar-refractivity contribution in [3.8, 4) is 44.5 Å². The zero-order chi connectivity index (χ0) is 37.8. The van der Waals surface area contributed by atoms with Crippen molar-refractivity contribution in [2.45, 2.75) is 19.3 Å². The lowest BCUT2D eigenvalue weighted by atomic mass is 9.79. The van der Waals surface area contributed by atoms with Crippen molar-refractivity contribution in [2.24, 2.45) is 0 Å². The van der Waals surface area contributed by atoms with Crippen molar-refractivity contribution >= 4 is 64.6 Å². The molecule has 1 aliphatic rings. The van der Waals surface area contributed by atoms with Crippen LogP contribution in [0.5, 0.6) is 0 Å². The molecule has 0 saturated heterocycles. The first-order chi connectivity index (χ1) is 28.0. The summed E-state index contributed by atoms with van der Waals surface area (Å²) in [5.41, 5.74) is 13.0. The molecule has 0 heteroatoms. The van der Waals surface area contributed by atoms with Crippen LogP contribution in [0, 0.1) is 0 Å². The van der Waals surface area contributed by atoms with Crippen molar-refractivity contribution in [3.05, 3.63) is 205 Å². The van der Waals surface area contributed by atoms with E-state index in [9.17, 15) is 0 Å². The van der Waals surface area contributed by atoms with Gasteiger partial charge in [-0.25, -0.2) is 0 Å². The standard InChI is InChI=1S/C57H38/c1-57(2)51-32-30-37-14-5-6-16-42(37)54(51)55-44-18-8-7-17-43(44)50-34-40(29-31-49(50)56(55)57)36-23-26-38(27-24-36)52-45-19-9-11-21-47(45)53(48-22-12-10-20-46(48)52)41-28-25-35-13-3-4-15-39(35)33-41/h3-34H,1-2H3. The molecule has 0 aromatic heterocycles. The van der Waals surface area contributed by atoms with Gasteiger partial charge in [-0.3, -0.25) is 0 Å². The summed E-state index contributed by atoms with van der Waals surface area (Å²) in [6.07, 6.45) is 0. The van der Waals surface area contributed by atoms with E-state index in [1.807, 2.05) is 0 Å². The van der Waals surface area contributed by atoms with Gasteiger partial charge in [0.05, 0.1) is 0 Å². The second-order valence-electron chi connectivity index (χ2n) is 16.4. The highest BCUT2D eigenvalue weighted by Crippen LogP contribution is 2.56. The van der Waals surface area contributed by atoms with Crippen LogP contribution in [-0.4, -0.2) is 0 Å². The molecule has 1 aliphatic carbocycles. The molecule has 0 fully saturated rings. The molecule has 0 bridgehead atoms. The smallest absolute Gasteiger partial charge is 0.0165 e. The minimum Gasteiger partial charge on any atom is -0.0616 e. The van der Waals surface area contributed by atoms with Crippen LogP contribution in [0.25, 0.3) is 109 Å². The predicted octanol–water partition coefficient (Wildman–Crippen LogP) is 15.9. The van der Waals surface area contributed by atoms with E-state index in [1.54, 1.807) is 0 Å². The molecular weight excluding hydrogens is 685 g/mol. The van der Waals surface area contributed by atoms with Gasteiger partial charge in [-0.05, 0) is 132 Å². The molecule has 57 heavy (non-hydrogen) atoms. The first-order valence-electron chi connectivity index (χ1n) is 20.1. The fourth-order valence-corrected chi connectivity index (χ4v) is 10.4. The Balaban J connectivity index is 1.02. The molecule has 0 heterocycles. The third kappa shape index (κ3) is 4.62. The summed E-state index contributed by atoms with van der Waals surface area (Å²) < 4.78 is 0. The molecule has 0 aliphatic heterocycles. The third-order valence-corrected chi connectivity index (χ3v) is 13.0. The summed E-state index contributed by atoms with van der Waals surface area (Å²) in [5.74, 6) is 0. The van der Waals surface area contributed by atoms with Gasteiger partial charge in [0, 0.05) is 5.41 Å². The fraction of sp³-hybridized carbons (Fsp3) is 0.0526. The summed E-state index contributed by atoms with van der Waals surface area (Å²) >= 11 is 0. The largest absolute Gasteiger partial charge is 0.0616 e. The molecule has 12 rings (SSSR count). The molecular formula is C57H38. The molecule has 0 saturated carbocycles. The molecule has 0 amide bonds. The summed E-state index contributed by atoms with van der Waals surface area (Å²) in [6, 6.07) is 72.5. The van der Waals surface area contributed by atoms with Gasteiger partial charge in [-0.2, -0.15) is 0 Å². The van der Waals surface area contributed by atoms with E-state index in [2.05, 4.69) is 208 Å². The van der Waals surface area contributed by atoms with Crippen LogP contribution < -0.4 is 0 Å². The first kappa shape index (κ1) is 32.2. The molecule has 0 radical (unpaired) electrons. The van der Waals surface area contributed by atoms with Gasteiger partial charge in [0.2, 0.25) is 0 Å². The number of benzene rings is 11. The second-order valence-corrected chi connectivity index (χ2v) is 16.4. The van der Waals surface area contributed by atoms with E-state index in [1.165, 1.54) is 120 Å². The summed E-state index contributed by atoms with van der Waals surface area (Å²) in [4.78, 5) is 0. The van der Waals surface area contributed by atoms with E-state index in [4.69, 9.17) is 0 Å². The summed E-state index contributed by atoms with van der Waals surface area (Å²) in [7, 11) is 0. The Hall–Kier alpha value is -7.02. The van der Waals surface area contributed by atoms with E-state index < -0.39 is 0 Å². The average molecular weight is 723 g/mol.